The maximum atomic E-state index is 12.0. The largest absolute Gasteiger partial charge is 0.508 e. The molecule has 0 heterocycles. The lowest BCUT2D eigenvalue weighted by Gasteiger charge is -2.08. The highest BCUT2D eigenvalue weighted by atomic mass is 16.3. The number of aldehydes is 1. The van der Waals surface area contributed by atoms with E-state index in [0.29, 0.717) is 28.8 Å². The Hall–Kier alpha value is -3.06. The first-order chi connectivity index (χ1) is 12.0. The topological polar surface area (TPSA) is 111 Å². The van der Waals surface area contributed by atoms with Crippen molar-refractivity contribution in [1.82, 2.24) is 5.32 Å². The standard InChI is InChI=1S/C18H19N3O4/c1-12-8-16(6-7-17(12)24)21-20-15-4-2-14(3-5-15)18(25)19-9-13(10-22)11-23/h2-8,10,13,23-24H,9,11H2,1H3,(H,19,25). The zero-order chi connectivity index (χ0) is 18.2. The van der Waals surface area contributed by atoms with Crippen LogP contribution in [0.5, 0.6) is 5.75 Å². The van der Waals surface area contributed by atoms with E-state index in [1.165, 1.54) is 0 Å². The third-order valence-corrected chi connectivity index (χ3v) is 3.54. The van der Waals surface area contributed by atoms with Crippen molar-refractivity contribution in [2.24, 2.45) is 16.1 Å². The van der Waals surface area contributed by atoms with E-state index in [0.717, 1.165) is 0 Å². The van der Waals surface area contributed by atoms with Gasteiger partial charge in [-0.05, 0) is 55.0 Å². The number of amides is 1. The summed E-state index contributed by atoms with van der Waals surface area (Å²) in [5.74, 6) is -0.740. The molecular formula is C18H19N3O4. The summed E-state index contributed by atoms with van der Waals surface area (Å²) >= 11 is 0. The summed E-state index contributed by atoms with van der Waals surface area (Å²) in [4.78, 5) is 22.6. The third kappa shape index (κ3) is 5.22. The normalized spacial score (nSPS) is 12.1. The second kappa shape index (κ2) is 8.70. The van der Waals surface area contributed by atoms with E-state index in [-0.39, 0.29) is 24.8 Å². The minimum atomic E-state index is -0.606. The Morgan fingerprint density at radius 3 is 2.40 bits per heavy atom. The molecule has 2 aromatic carbocycles. The molecule has 0 fully saturated rings. The lowest BCUT2D eigenvalue weighted by atomic mass is 10.1. The van der Waals surface area contributed by atoms with Crippen molar-refractivity contribution in [2.75, 3.05) is 13.2 Å². The van der Waals surface area contributed by atoms with Crippen LogP contribution in [0.25, 0.3) is 0 Å². The van der Waals surface area contributed by atoms with Gasteiger partial charge >= 0.3 is 0 Å². The molecule has 0 spiro atoms. The van der Waals surface area contributed by atoms with Crippen molar-refractivity contribution in [3.05, 3.63) is 53.6 Å². The first kappa shape index (κ1) is 18.3. The molecule has 1 unspecified atom stereocenters. The molecule has 2 aromatic rings. The Kier molecular flexibility index (Phi) is 6.36. The molecule has 25 heavy (non-hydrogen) atoms. The van der Waals surface area contributed by atoms with Crippen molar-refractivity contribution in [3.8, 4) is 5.75 Å². The predicted octanol–water partition coefficient (Wildman–Crippen LogP) is 2.65. The van der Waals surface area contributed by atoms with Crippen LogP contribution in [0.1, 0.15) is 15.9 Å². The number of aliphatic hydroxyl groups excluding tert-OH is 1. The molecule has 7 heteroatoms. The van der Waals surface area contributed by atoms with Gasteiger partial charge in [0.25, 0.3) is 5.91 Å². The molecule has 0 aliphatic rings. The van der Waals surface area contributed by atoms with Crippen LogP contribution in [0.3, 0.4) is 0 Å². The van der Waals surface area contributed by atoms with Crippen molar-refractivity contribution < 1.29 is 19.8 Å². The number of azo groups is 1. The van der Waals surface area contributed by atoms with Gasteiger partial charge in [-0.1, -0.05) is 0 Å². The number of benzene rings is 2. The quantitative estimate of drug-likeness (QED) is 0.531. The number of carbonyl (C=O) groups is 2. The molecule has 3 N–H and O–H groups in total. The monoisotopic (exact) mass is 341 g/mol. The van der Waals surface area contributed by atoms with Gasteiger partial charge in [0.15, 0.2) is 0 Å². The van der Waals surface area contributed by atoms with Crippen LogP contribution in [0.2, 0.25) is 0 Å². The number of phenolic OH excluding ortho intramolecular Hbond substituents is 1. The zero-order valence-electron chi connectivity index (χ0n) is 13.7. The molecule has 130 valence electrons. The van der Waals surface area contributed by atoms with Crippen LogP contribution < -0.4 is 5.32 Å². The second-order valence-corrected chi connectivity index (χ2v) is 5.51. The van der Waals surface area contributed by atoms with Gasteiger partial charge < -0.3 is 20.3 Å². The van der Waals surface area contributed by atoms with Crippen LogP contribution in [0.15, 0.2) is 52.7 Å². The Balaban J connectivity index is 1.99. The fraction of sp³-hybridized carbons (Fsp3) is 0.222. The Labute approximate surface area is 145 Å². The summed E-state index contributed by atoms with van der Waals surface area (Å²) < 4.78 is 0. The molecular weight excluding hydrogens is 322 g/mol. The lowest BCUT2D eigenvalue weighted by Crippen LogP contribution is -2.31. The minimum Gasteiger partial charge on any atom is -0.508 e. The molecule has 2 rings (SSSR count). The first-order valence-electron chi connectivity index (χ1n) is 7.69. The highest BCUT2D eigenvalue weighted by Crippen LogP contribution is 2.24. The van der Waals surface area contributed by atoms with Gasteiger partial charge in [-0.3, -0.25) is 4.79 Å². The molecule has 0 saturated heterocycles. The summed E-state index contributed by atoms with van der Waals surface area (Å²) in [5.41, 5.74) is 2.31. The van der Waals surface area contributed by atoms with Crippen molar-refractivity contribution in [2.45, 2.75) is 6.92 Å². The zero-order valence-corrected chi connectivity index (χ0v) is 13.7. The maximum absolute atomic E-state index is 12.0. The summed E-state index contributed by atoms with van der Waals surface area (Å²) in [6.07, 6.45) is 0.606. The molecule has 0 bridgehead atoms. The third-order valence-electron chi connectivity index (χ3n) is 3.54. The van der Waals surface area contributed by atoms with Gasteiger partial charge in [-0.15, -0.1) is 0 Å². The maximum Gasteiger partial charge on any atom is 0.251 e. The number of carbonyl (C=O) groups excluding carboxylic acids is 2. The van der Waals surface area contributed by atoms with E-state index in [4.69, 9.17) is 5.11 Å². The average molecular weight is 341 g/mol. The Morgan fingerprint density at radius 2 is 1.80 bits per heavy atom. The molecule has 0 aliphatic carbocycles. The van der Waals surface area contributed by atoms with E-state index in [1.807, 2.05) is 0 Å². The molecule has 0 aliphatic heterocycles. The van der Waals surface area contributed by atoms with E-state index in [1.54, 1.807) is 49.4 Å². The Bertz CT molecular complexity index is 772. The van der Waals surface area contributed by atoms with Crippen LogP contribution in [0, 0.1) is 12.8 Å². The summed E-state index contributed by atoms with van der Waals surface area (Å²) in [5, 5.41) is 29.1. The summed E-state index contributed by atoms with van der Waals surface area (Å²) in [6.45, 7) is 1.55. The van der Waals surface area contributed by atoms with Crippen molar-refractivity contribution in [1.29, 1.82) is 0 Å². The van der Waals surface area contributed by atoms with E-state index in [9.17, 15) is 14.7 Å². The highest BCUT2D eigenvalue weighted by Gasteiger charge is 2.09. The average Bonchev–Trinajstić information content (AvgIpc) is 2.64. The smallest absolute Gasteiger partial charge is 0.251 e. The fourth-order valence-corrected chi connectivity index (χ4v) is 1.98. The van der Waals surface area contributed by atoms with Gasteiger partial charge in [0, 0.05) is 12.1 Å². The minimum absolute atomic E-state index is 0.0838. The number of aryl methyl sites for hydroxylation is 1. The van der Waals surface area contributed by atoms with E-state index < -0.39 is 5.92 Å². The predicted molar refractivity (Wildman–Crippen MR) is 92.4 cm³/mol. The van der Waals surface area contributed by atoms with E-state index >= 15 is 0 Å². The fourth-order valence-electron chi connectivity index (χ4n) is 1.98. The van der Waals surface area contributed by atoms with Gasteiger partial charge in [0.2, 0.25) is 0 Å². The van der Waals surface area contributed by atoms with E-state index in [2.05, 4.69) is 15.5 Å². The Morgan fingerprint density at radius 1 is 1.16 bits per heavy atom. The number of phenols is 1. The first-order valence-corrected chi connectivity index (χ1v) is 7.69. The molecule has 7 nitrogen and oxygen atoms in total. The van der Waals surface area contributed by atoms with Gasteiger partial charge in [0.1, 0.15) is 12.0 Å². The number of aromatic hydroxyl groups is 1. The van der Waals surface area contributed by atoms with Crippen LogP contribution in [-0.2, 0) is 4.79 Å². The van der Waals surface area contributed by atoms with Gasteiger partial charge in [0.05, 0.1) is 23.9 Å². The number of hydrogen-bond donors (Lipinski definition) is 3. The van der Waals surface area contributed by atoms with Gasteiger partial charge in [-0.2, -0.15) is 10.2 Å². The number of aliphatic hydroxyl groups is 1. The lowest BCUT2D eigenvalue weighted by molar-refractivity contribution is -0.111. The summed E-state index contributed by atoms with van der Waals surface area (Å²) in [6, 6.07) is 11.4. The number of nitrogens with zero attached hydrogens (tertiary/aromatic N) is 2. The van der Waals surface area contributed by atoms with Crippen LogP contribution in [0.4, 0.5) is 11.4 Å². The number of nitrogens with one attached hydrogen (secondary N) is 1. The number of hydrogen-bond acceptors (Lipinski definition) is 6. The highest BCUT2D eigenvalue weighted by molar-refractivity contribution is 5.94. The molecule has 0 radical (unpaired) electrons. The van der Waals surface area contributed by atoms with Crippen LogP contribution in [-0.4, -0.2) is 35.6 Å². The summed E-state index contributed by atoms with van der Waals surface area (Å²) in [7, 11) is 0. The SMILES string of the molecule is Cc1cc(N=Nc2ccc(C(=O)NCC(C=O)CO)cc2)ccc1O. The van der Waals surface area contributed by atoms with Crippen LogP contribution >= 0.6 is 0 Å². The molecule has 0 saturated carbocycles. The van der Waals surface area contributed by atoms with Crippen molar-refractivity contribution >= 4 is 23.6 Å². The molecule has 1 amide bonds. The number of rotatable bonds is 7. The molecule has 1 atom stereocenters. The van der Waals surface area contributed by atoms with Gasteiger partial charge in [-0.25, -0.2) is 0 Å². The second-order valence-electron chi connectivity index (χ2n) is 5.51. The molecule has 0 aromatic heterocycles. The van der Waals surface area contributed by atoms with Crippen molar-refractivity contribution in [3.63, 3.8) is 0 Å².